The summed E-state index contributed by atoms with van der Waals surface area (Å²) in [6.45, 7) is 7.03. The van der Waals surface area contributed by atoms with Crippen LogP contribution >= 0.6 is 0 Å². The molecule has 7 nitrogen and oxygen atoms in total. The van der Waals surface area contributed by atoms with E-state index >= 15 is 0 Å². The van der Waals surface area contributed by atoms with Gasteiger partial charge in [-0.2, -0.15) is 4.98 Å². The van der Waals surface area contributed by atoms with Gasteiger partial charge in [0.1, 0.15) is 12.4 Å². The maximum absolute atomic E-state index is 12.0. The Kier molecular flexibility index (Phi) is 6.52. The van der Waals surface area contributed by atoms with Gasteiger partial charge in [-0.25, -0.2) is 0 Å². The van der Waals surface area contributed by atoms with Crippen molar-refractivity contribution in [1.29, 1.82) is 0 Å². The van der Waals surface area contributed by atoms with E-state index in [1.807, 2.05) is 20.8 Å². The third kappa shape index (κ3) is 6.19. The Labute approximate surface area is 147 Å². The molecule has 2 aromatic rings. The fourth-order valence-electron chi connectivity index (χ4n) is 2.10. The first-order chi connectivity index (χ1) is 11.9. The van der Waals surface area contributed by atoms with E-state index in [4.69, 9.17) is 15.0 Å². The van der Waals surface area contributed by atoms with Gasteiger partial charge in [0.25, 0.3) is 0 Å². The maximum atomic E-state index is 12.0. The molecule has 1 aromatic heterocycles. The molecule has 0 saturated heterocycles. The third-order valence-corrected chi connectivity index (χ3v) is 3.46. The third-order valence-electron chi connectivity index (χ3n) is 3.46. The number of carbonyl (C=O) groups is 1. The second kappa shape index (κ2) is 8.62. The molecule has 0 unspecified atom stereocenters. The quantitative estimate of drug-likeness (QED) is 0.761. The fraction of sp³-hybridized carbons (Fsp3) is 0.500. The summed E-state index contributed by atoms with van der Waals surface area (Å²) in [6, 6.07) is 7.21. The van der Waals surface area contributed by atoms with Crippen LogP contribution in [0.2, 0.25) is 0 Å². The standard InChI is InChI=1S/C18H26N4O3/c1-18(2,3)17-21-16(25-22-17)6-4-5-15(23)20-13-7-9-14(10-8-13)24-12-11-19/h7-10H,4-6,11-12,19H2,1-3H3,(H,20,23). The SMILES string of the molecule is CC(C)(C)c1noc(CCCC(=O)Nc2ccc(OCCN)cc2)n1. The number of benzene rings is 1. The van der Waals surface area contributed by atoms with Crippen molar-refractivity contribution in [3.63, 3.8) is 0 Å². The lowest BCUT2D eigenvalue weighted by molar-refractivity contribution is -0.116. The molecule has 1 heterocycles. The van der Waals surface area contributed by atoms with Gasteiger partial charge >= 0.3 is 0 Å². The Morgan fingerprint density at radius 3 is 2.60 bits per heavy atom. The molecule has 0 atom stereocenters. The lowest BCUT2D eigenvalue weighted by Crippen LogP contribution is -2.13. The molecule has 1 amide bonds. The minimum atomic E-state index is -0.140. The van der Waals surface area contributed by atoms with Crippen LogP contribution in [-0.4, -0.2) is 29.2 Å². The Bertz CT molecular complexity index is 674. The molecule has 3 N–H and O–H groups in total. The molecule has 2 rings (SSSR count). The van der Waals surface area contributed by atoms with Gasteiger partial charge < -0.3 is 20.3 Å². The zero-order valence-corrected chi connectivity index (χ0v) is 15.0. The van der Waals surface area contributed by atoms with Crippen LogP contribution in [-0.2, 0) is 16.6 Å². The average Bonchev–Trinajstić information content (AvgIpc) is 3.03. The number of aryl methyl sites for hydroxylation is 1. The monoisotopic (exact) mass is 346 g/mol. The van der Waals surface area contributed by atoms with Crippen molar-refractivity contribution in [2.75, 3.05) is 18.5 Å². The number of nitrogens with one attached hydrogen (secondary N) is 1. The minimum Gasteiger partial charge on any atom is -0.492 e. The van der Waals surface area contributed by atoms with Crippen molar-refractivity contribution in [3.8, 4) is 5.75 Å². The van der Waals surface area contributed by atoms with Crippen LogP contribution in [0.15, 0.2) is 28.8 Å². The van der Waals surface area contributed by atoms with Crippen molar-refractivity contribution < 1.29 is 14.1 Å². The van der Waals surface area contributed by atoms with Crippen molar-refractivity contribution in [3.05, 3.63) is 36.0 Å². The van der Waals surface area contributed by atoms with Crippen molar-refractivity contribution in [2.45, 2.75) is 45.4 Å². The van der Waals surface area contributed by atoms with Gasteiger partial charge in [-0.15, -0.1) is 0 Å². The fourth-order valence-corrected chi connectivity index (χ4v) is 2.10. The summed E-state index contributed by atoms with van der Waals surface area (Å²) in [5.74, 6) is 1.93. The molecule has 0 radical (unpaired) electrons. The van der Waals surface area contributed by atoms with Crippen molar-refractivity contribution >= 4 is 11.6 Å². The van der Waals surface area contributed by atoms with Crippen LogP contribution in [0.5, 0.6) is 5.75 Å². The highest BCUT2D eigenvalue weighted by molar-refractivity contribution is 5.90. The second-order valence-corrected chi connectivity index (χ2v) is 6.82. The molecule has 25 heavy (non-hydrogen) atoms. The Morgan fingerprint density at radius 2 is 2.00 bits per heavy atom. The molecule has 0 saturated carbocycles. The number of carbonyl (C=O) groups excluding carboxylic acids is 1. The molecular weight excluding hydrogens is 320 g/mol. The van der Waals surface area contributed by atoms with E-state index in [0.717, 1.165) is 11.4 Å². The highest BCUT2D eigenvalue weighted by Crippen LogP contribution is 2.19. The predicted octanol–water partition coefficient (Wildman–Crippen LogP) is 2.67. The smallest absolute Gasteiger partial charge is 0.226 e. The number of rotatable bonds is 8. The van der Waals surface area contributed by atoms with E-state index in [2.05, 4.69) is 15.5 Å². The number of nitrogens with two attached hydrogens (primary N) is 1. The van der Waals surface area contributed by atoms with Crippen LogP contribution in [0.3, 0.4) is 0 Å². The number of hydrogen-bond acceptors (Lipinski definition) is 6. The van der Waals surface area contributed by atoms with E-state index in [0.29, 0.717) is 44.1 Å². The molecule has 136 valence electrons. The summed E-state index contributed by atoms with van der Waals surface area (Å²) >= 11 is 0. The highest BCUT2D eigenvalue weighted by Gasteiger charge is 2.20. The normalized spacial score (nSPS) is 11.4. The average molecular weight is 346 g/mol. The van der Waals surface area contributed by atoms with Crippen molar-refractivity contribution in [1.82, 2.24) is 10.1 Å². The van der Waals surface area contributed by atoms with Gasteiger partial charge in [-0.05, 0) is 30.7 Å². The van der Waals surface area contributed by atoms with E-state index in [-0.39, 0.29) is 11.3 Å². The Balaban J connectivity index is 1.74. The number of aromatic nitrogens is 2. The number of amides is 1. The molecule has 1 aromatic carbocycles. The number of anilines is 1. The molecule has 7 heteroatoms. The summed E-state index contributed by atoms with van der Waals surface area (Å²) in [6.07, 6.45) is 1.62. The van der Waals surface area contributed by atoms with Gasteiger partial charge in [-0.1, -0.05) is 25.9 Å². The summed E-state index contributed by atoms with van der Waals surface area (Å²) in [5, 5.41) is 6.83. The van der Waals surface area contributed by atoms with Crippen LogP contribution in [0.4, 0.5) is 5.69 Å². The highest BCUT2D eigenvalue weighted by atomic mass is 16.5. The topological polar surface area (TPSA) is 103 Å². The van der Waals surface area contributed by atoms with Crippen LogP contribution < -0.4 is 15.8 Å². The summed E-state index contributed by atoms with van der Waals surface area (Å²) in [5.41, 5.74) is 5.98. The van der Waals surface area contributed by atoms with Crippen LogP contribution in [0.25, 0.3) is 0 Å². The van der Waals surface area contributed by atoms with Gasteiger partial charge in [-0.3, -0.25) is 4.79 Å². The van der Waals surface area contributed by atoms with Gasteiger partial charge in [0.05, 0.1) is 0 Å². The number of nitrogens with zero attached hydrogens (tertiary/aromatic N) is 2. The van der Waals surface area contributed by atoms with Gasteiger partial charge in [0, 0.05) is 30.5 Å². The van der Waals surface area contributed by atoms with Crippen molar-refractivity contribution in [2.24, 2.45) is 5.73 Å². The Morgan fingerprint density at radius 1 is 1.28 bits per heavy atom. The molecule has 0 fully saturated rings. The van der Waals surface area contributed by atoms with Gasteiger partial charge in [0.15, 0.2) is 5.82 Å². The first-order valence-corrected chi connectivity index (χ1v) is 8.44. The molecule has 0 aliphatic rings. The molecular formula is C18H26N4O3. The lowest BCUT2D eigenvalue weighted by Gasteiger charge is -2.10. The maximum Gasteiger partial charge on any atom is 0.226 e. The molecule has 0 bridgehead atoms. The first kappa shape index (κ1) is 18.9. The van der Waals surface area contributed by atoms with Gasteiger partial charge in [0.2, 0.25) is 11.8 Å². The van der Waals surface area contributed by atoms with E-state index in [1.54, 1.807) is 24.3 Å². The number of hydrogen-bond donors (Lipinski definition) is 2. The van der Waals surface area contributed by atoms with E-state index in [9.17, 15) is 4.79 Å². The summed E-state index contributed by atoms with van der Waals surface area (Å²) in [4.78, 5) is 16.4. The molecule has 0 aliphatic heterocycles. The zero-order valence-electron chi connectivity index (χ0n) is 15.0. The molecule has 0 aliphatic carbocycles. The lowest BCUT2D eigenvalue weighted by atomic mass is 9.96. The second-order valence-electron chi connectivity index (χ2n) is 6.82. The first-order valence-electron chi connectivity index (χ1n) is 8.44. The number of ether oxygens (including phenoxy) is 1. The zero-order chi connectivity index (χ0) is 18.3. The summed E-state index contributed by atoms with van der Waals surface area (Å²) in [7, 11) is 0. The molecule has 0 spiro atoms. The largest absolute Gasteiger partial charge is 0.492 e. The summed E-state index contributed by atoms with van der Waals surface area (Å²) < 4.78 is 10.6. The van der Waals surface area contributed by atoms with Crippen LogP contribution in [0.1, 0.15) is 45.3 Å². The predicted molar refractivity (Wildman–Crippen MR) is 95.6 cm³/mol. The Hall–Kier alpha value is -2.41. The van der Waals surface area contributed by atoms with E-state index < -0.39 is 0 Å². The van der Waals surface area contributed by atoms with Crippen LogP contribution in [0, 0.1) is 0 Å². The minimum absolute atomic E-state index is 0.0498. The van der Waals surface area contributed by atoms with E-state index in [1.165, 1.54) is 0 Å².